The molecule has 0 spiro atoms. The van der Waals surface area contributed by atoms with Crippen molar-refractivity contribution in [1.29, 1.82) is 0 Å². The highest BCUT2D eigenvalue weighted by Gasteiger charge is 2.17. The predicted molar refractivity (Wildman–Crippen MR) is 95.7 cm³/mol. The number of carbonyl (C=O) groups is 1. The van der Waals surface area contributed by atoms with Crippen molar-refractivity contribution in [1.82, 2.24) is 0 Å². The molecular weight excluding hydrogens is 314 g/mol. The van der Waals surface area contributed by atoms with E-state index < -0.39 is 5.97 Å². The van der Waals surface area contributed by atoms with Crippen LogP contribution in [0.3, 0.4) is 0 Å². The summed E-state index contributed by atoms with van der Waals surface area (Å²) in [6.45, 7) is 0. The first-order valence-corrected chi connectivity index (χ1v) is 7.76. The molecule has 0 atom stereocenters. The van der Waals surface area contributed by atoms with Gasteiger partial charge in [0.2, 0.25) is 0 Å². The van der Waals surface area contributed by atoms with Crippen molar-refractivity contribution in [3.63, 3.8) is 0 Å². The number of benzene rings is 3. The number of hydrogen-bond acceptors (Lipinski definition) is 5. The second-order valence-electron chi connectivity index (χ2n) is 5.42. The number of para-hydroxylation sites is 1. The van der Waals surface area contributed by atoms with Gasteiger partial charge in [-0.1, -0.05) is 30.3 Å². The normalized spacial score (nSPS) is 12.9. The fraction of sp³-hybridized carbons (Fsp3) is 0. The van der Waals surface area contributed by atoms with E-state index in [2.05, 4.69) is 15.2 Å². The van der Waals surface area contributed by atoms with E-state index in [1.165, 1.54) is 0 Å². The summed E-state index contributed by atoms with van der Waals surface area (Å²) in [4.78, 5) is 16.7. The highest BCUT2D eigenvalue weighted by Crippen LogP contribution is 2.29. The maximum atomic E-state index is 12.3. The van der Waals surface area contributed by atoms with Crippen molar-refractivity contribution in [3.05, 3.63) is 83.9 Å². The van der Waals surface area contributed by atoms with Gasteiger partial charge in [-0.2, -0.15) is 10.2 Å². The molecule has 3 aromatic rings. The number of ether oxygens (including phenoxy) is 1. The van der Waals surface area contributed by atoms with E-state index in [1.807, 2.05) is 36.4 Å². The minimum Gasteiger partial charge on any atom is -0.422 e. The van der Waals surface area contributed by atoms with E-state index in [9.17, 15) is 4.79 Å². The zero-order chi connectivity index (χ0) is 17.1. The molecule has 0 saturated heterocycles. The SMILES string of the molecule is O=C1Oc2ccc(N=Nc3ccccc3)cc2C=Nc2ccccc21. The van der Waals surface area contributed by atoms with Crippen LogP contribution >= 0.6 is 0 Å². The standard InChI is InChI=1S/C20H13N3O2/c24-20-17-8-4-5-9-18(17)21-13-14-12-16(10-11-19(14)25-20)23-22-15-6-2-1-3-7-15/h1-13H. The van der Waals surface area contributed by atoms with Crippen molar-refractivity contribution in [2.75, 3.05) is 0 Å². The first kappa shape index (κ1) is 15.0. The van der Waals surface area contributed by atoms with Crippen LogP contribution in [0.15, 0.2) is 88.0 Å². The van der Waals surface area contributed by atoms with Crippen molar-refractivity contribution >= 4 is 29.2 Å². The summed E-state index contributed by atoms with van der Waals surface area (Å²) >= 11 is 0. The number of carbonyl (C=O) groups excluding carboxylic acids is 1. The van der Waals surface area contributed by atoms with Crippen LogP contribution < -0.4 is 4.74 Å². The van der Waals surface area contributed by atoms with Gasteiger partial charge in [0.25, 0.3) is 0 Å². The van der Waals surface area contributed by atoms with Gasteiger partial charge in [-0.25, -0.2) is 4.79 Å². The fourth-order valence-corrected chi connectivity index (χ4v) is 2.45. The van der Waals surface area contributed by atoms with Gasteiger partial charge < -0.3 is 4.74 Å². The van der Waals surface area contributed by atoms with Gasteiger partial charge in [0.05, 0.1) is 22.6 Å². The molecule has 0 fully saturated rings. The summed E-state index contributed by atoms with van der Waals surface area (Å²) in [6.07, 6.45) is 1.67. The fourth-order valence-electron chi connectivity index (χ4n) is 2.45. The zero-order valence-electron chi connectivity index (χ0n) is 13.2. The van der Waals surface area contributed by atoms with Gasteiger partial charge >= 0.3 is 5.97 Å². The molecular formula is C20H13N3O2. The molecule has 4 rings (SSSR count). The van der Waals surface area contributed by atoms with Gasteiger partial charge in [-0.3, -0.25) is 4.99 Å². The molecule has 0 bridgehead atoms. The summed E-state index contributed by atoms with van der Waals surface area (Å²) in [6, 6.07) is 21.8. The molecule has 0 amide bonds. The number of aliphatic imine (C=N–C) groups is 1. The molecule has 0 N–H and O–H groups in total. The molecule has 1 aliphatic heterocycles. The van der Waals surface area contributed by atoms with Gasteiger partial charge in [0.1, 0.15) is 5.75 Å². The average Bonchev–Trinajstić information content (AvgIpc) is 2.66. The number of fused-ring (bicyclic) bond motifs is 2. The number of hydrogen-bond donors (Lipinski definition) is 0. The number of rotatable bonds is 2. The van der Waals surface area contributed by atoms with Gasteiger partial charge in [-0.15, -0.1) is 0 Å². The second-order valence-corrected chi connectivity index (χ2v) is 5.42. The summed E-state index contributed by atoms with van der Waals surface area (Å²) in [5.74, 6) is 0.0225. The average molecular weight is 327 g/mol. The topological polar surface area (TPSA) is 63.4 Å². The molecule has 1 heterocycles. The molecule has 120 valence electrons. The van der Waals surface area contributed by atoms with Crippen LogP contribution in [0.2, 0.25) is 0 Å². The van der Waals surface area contributed by atoms with Crippen molar-refractivity contribution in [2.24, 2.45) is 15.2 Å². The van der Waals surface area contributed by atoms with E-state index in [1.54, 1.807) is 42.6 Å². The van der Waals surface area contributed by atoms with Crippen LogP contribution in [-0.4, -0.2) is 12.2 Å². The molecule has 0 aromatic heterocycles. The molecule has 3 aromatic carbocycles. The smallest absolute Gasteiger partial charge is 0.345 e. The van der Waals surface area contributed by atoms with Gasteiger partial charge in [-0.05, 0) is 42.5 Å². The molecule has 0 saturated carbocycles. The maximum absolute atomic E-state index is 12.3. The van der Waals surface area contributed by atoms with Crippen molar-refractivity contribution in [2.45, 2.75) is 0 Å². The summed E-state index contributed by atoms with van der Waals surface area (Å²) in [7, 11) is 0. The lowest BCUT2D eigenvalue weighted by Gasteiger charge is -2.12. The van der Waals surface area contributed by atoms with Crippen LogP contribution in [-0.2, 0) is 0 Å². The molecule has 1 aliphatic rings. The minimum atomic E-state index is -0.424. The lowest BCUT2D eigenvalue weighted by molar-refractivity contribution is 0.0735. The van der Waals surface area contributed by atoms with Crippen molar-refractivity contribution < 1.29 is 9.53 Å². The second kappa shape index (κ2) is 6.49. The molecule has 0 aliphatic carbocycles. The highest BCUT2D eigenvalue weighted by molar-refractivity contribution is 6.00. The molecule has 0 unspecified atom stereocenters. The lowest BCUT2D eigenvalue weighted by atomic mass is 10.1. The first-order chi connectivity index (χ1) is 12.3. The summed E-state index contributed by atoms with van der Waals surface area (Å²) < 4.78 is 5.48. The van der Waals surface area contributed by atoms with Crippen molar-refractivity contribution in [3.8, 4) is 5.75 Å². The number of nitrogens with zero attached hydrogens (tertiary/aromatic N) is 3. The molecule has 5 nitrogen and oxygen atoms in total. The predicted octanol–water partition coefficient (Wildman–Crippen LogP) is 5.39. The Morgan fingerprint density at radius 3 is 2.44 bits per heavy atom. The van der Waals surface area contributed by atoms with E-state index in [-0.39, 0.29) is 0 Å². The van der Waals surface area contributed by atoms with E-state index in [4.69, 9.17) is 4.74 Å². The third-order valence-corrected chi connectivity index (χ3v) is 3.70. The third-order valence-electron chi connectivity index (χ3n) is 3.70. The largest absolute Gasteiger partial charge is 0.422 e. The zero-order valence-corrected chi connectivity index (χ0v) is 13.2. The third kappa shape index (κ3) is 3.21. The number of esters is 1. The Hall–Kier alpha value is -3.60. The van der Waals surface area contributed by atoms with Gasteiger partial charge in [0, 0.05) is 11.8 Å². The lowest BCUT2D eigenvalue weighted by Crippen LogP contribution is -2.11. The van der Waals surface area contributed by atoms with Crippen LogP contribution in [0.5, 0.6) is 5.75 Å². The maximum Gasteiger partial charge on any atom is 0.345 e. The monoisotopic (exact) mass is 327 g/mol. The van der Waals surface area contributed by atoms with E-state index in [0.717, 1.165) is 5.69 Å². The van der Waals surface area contributed by atoms with Crippen LogP contribution in [0.1, 0.15) is 15.9 Å². The first-order valence-electron chi connectivity index (χ1n) is 7.76. The van der Waals surface area contributed by atoms with E-state index in [0.29, 0.717) is 28.3 Å². The summed E-state index contributed by atoms with van der Waals surface area (Å²) in [5, 5.41) is 8.42. The van der Waals surface area contributed by atoms with Crippen LogP contribution in [0.4, 0.5) is 17.1 Å². The molecule has 5 heteroatoms. The Balaban J connectivity index is 1.69. The van der Waals surface area contributed by atoms with Crippen LogP contribution in [0, 0.1) is 0 Å². The highest BCUT2D eigenvalue weighted by atomic mass is 16.5. The Bertz CT molecular complexity index is 995. The molecule has 25 heavy (non-hydrogen) atoms. The summed E-state index contributed by atoms with van der Waals surface area (Å²) in [5.41, 5.74) is 3.11. The Labute approximate surface area is 144 Å². The Morgan fingerprint density at radius 1 is 0.800 bits per heavy atom. The Morgan fingerprint density at radius 2 is 1.56 bits per heavy atom. The quantitative estimate of drug-likeness (QED) is 0.360. The molecule has 0 radical (unpaired) electrons. The van der Waals surface area contributed by atoms with E-state index >= 15 is 0 Å². The van der Waals surface area contributed by atoms with Crippen LogP contribution in [0.25, 0.3) is 0 Å². The number of azo groups is 1. The minimum absolute atomic E-state index is 0.424. The van der Waals surface area contributed by atoms with Gasteiger partial charge in [0.15, 0.2) is 0 Å². The Kier molecular flexibility index (Phi) is 3.88.